The number of anilines is 1. The van der Waals surface area contributed by atoms with Crippen LogP contribution in [0.15, 0.2) is 18.2 Å². The minimum atomic E-state index is -0.0452. The summed E-state index contributed by atoms with van der Waals surface area (Å²) in [5.41, 5.74) is 8.74. The van der Waals surface area contributed by atoms with Gasteiger partial charge < -0.3 is 11.1 Å². The van der Waals surface area contributed by atoms with Crippen LogP contribution < -0.4 is 11.1 Å². The van der Waals surface area contributed by atoms with Crippen LogP contribution in [0.5, 0.6) is 0 Å². The summed E-state index contributed by atoms with van der Waals surface area (Å²) >= 11 is 0. The van der Waals surface area contributed by atoms with Crippen molar-refractivity contribution in [2.45, 2.75) is 19.3 Å². The molecule has 0 spiro atoms. The van der Waals surface area contributed by atoms with Gasteiger partial charge in [-0.2, -0.15) is 0 Å². The molecule has 1 aromatic carbocycles. The molecule has 0 saturated carbocycles. The Kier molecular flexibility index (Phi) is 2.25. The molecule has 1 aliphatic heterocycles. The topological polar surface area (TPSA) is 55.1 Å². The molecule has 0 fully saturated rings. The molecule has 2 rings (SSSR count). The number of hydrogen-bond donors (Lipinski definition) is 2. The zero-order valence-electron chi connectivity index (χ0n) is 8.21. The van der Waals surface area contributed by atoms with E-state index in [1.54, 1.807) is 0 Å². The molecule has 1 unspecified atom stereocenters. The molecule has 14 heavy (non-hydrogen) atoms. The van der Waals surface area contributed by atoms with Gasteiger partial charge in [-0.25, -0.2) is 0 Å². The molecule has 1 amide bonds. The molecule has 1 atom stereocenters. The summed E-state index contributed by atoms with van der Waals surface area (Å²) in [4.78, 5) is 11.6. The number of carbonyl (C=O) groups excluding carboxylic acids is 1. The fourth-order valence-corrected chi connectivity index (χ4v) is 2.05. The number of benzene rings is 1. The monoisotopic (exact) mass is 190 g/mol. The van der Waals surface area contributed by atoms with Crippen LogP contribution in [0.4, 0.5) is 5.69 Å². The fraction of sp³-hybridized carbons (Fsp3) is 0.364. The molecule has 0 aliphatic carbocycles. The van der Waals surface area contributed by atoms with Gasteiger partial charge in [0, 0.05) is 5.69 Å². The maximum Gasteiger partial charge on any atom is 0.232 e. The second-order valence-electron chi connectivity index (χ2n) is 3.66. The van der Waals surface area contributed by atoms with Crippen LogP contribution in [0.25, 0.3) is 0 Å². The van der Waals surface area contributed by atoms with E-state index in [0.717, 1.165) is 17.7 Å². The van der Waals surface area contributed by atoms with E-state index in [9.17, 15) is 4.79 Å². The molecule has 3 heteroatoms. The summed E-state index contributed by atoms with van der Waals surface area (Å²) in [5.74, 6) is 0.0379. The maximum atomic E-state index is 11.6. The van der Waals surface area contributed by atoms with Gasteiger partial charge in [0.2, 0.25) is 5.91 Å². The van der Waals surface area contributed by atoms with Crippen molar-refractivity contribution in [3.63, 3.8) is 0 Å². The zero-order chi connectivity index (χ0) is 10.1. The number of amides is 1. The van der Waals surface area contributed by atoms with Crippen molar-refractivity contribution < 1.29 is 4.79 Å². The Labute approximate surface area is 83.3 Å². The average molecular weight is 190 g/mol. The van der Waals surface area contributed by atoms with Crippen molar-refractivity contribution in [1.29, 1.82) is 0 Å². The molecule has 0 radical (unpaired) electrons. The second-order valence-corrected chi connectivity index (χ2v) is 3.66. The molecule has 1 aromatic rings. The van der Waals surface area contributed by atoms with E-state index in [0.29, 0.717) is 6.54 Å². The Morgan fingerprint density at radius 2 is 2.29 bits per heavy atom. The SMILES string of the molecule is Cc1cccc2c1C(CCN)C(=O)N2. The Morgan fingerprint density at radius 3 is 3.00 bits per heavy atom. The molecular weight excluding hydrogens is 176 g/mol. The second kappa shape index (κ2) is 3.42. The summed E-state index contributed by atoms with van der Waals surface area (Å²) in [6, 6.07) is 5.93. The minimum Gasteiger partial charge on any atom is -0.330 e. The number of nitrogens with one attached hydrogen (secondary N) is 1. The summed E-state index contributed by atoms with van der Waals surface area (Å²) in [6.45, 7) is 2.58. The smallest absolute Gasteiger partial charge is 0.232 e. The first-order valence-corrected chi connectivity index (χ1v) is 4.84. The lowest BCUT2D eigenvalue weighted by Crippen LogP contribution is -2.16. The Hall–Kier alpha value is -1.35. The van der Waals surface area contributed by atoms with Gasteiger partial charge in [-0.15, -0.1) is 0 Å². The average Bonchev–Trinajstić information content (AvgIpc) is 2.45. The Balaban J connectivity index is 2.44. The summed E-state index contributed by atoms with van der Waals surface area (Å²) in [7, 11) is 0. The third-order valence-electron chi connectivity index (χ3n) is 2.70. The lowest BCUT2D eigenvalue weighted by atomic mass is 9.93. The molecule has 1 heterocycles. The molecule has 3 nitrogen and oxygen atoms in total. The molecule has 0 saturated heterocycles. The van der Waals surface area contributed by atoms with Crippen molar-refractivity contribution in [2.75, 3.05) is 11.9 Å². The van der Waals surface area contributed by atoms with Crippen LogP contribution in [0.3, 0.4) is 0 Å². The highest BCUT2D eigenvalue weighted by Crippen LogP contribution is 2.36. The van der Waals surface area contributed by atoms with Crippen LogP contribution in [0.2, 0.25) is 0 Å². The van der Waals surface area contributed by atoms with Gasteiger partial charge in [0.25, 0.3) is 0 Å². The van der Waals surface area contributed by atoms with Gasteiger partial charge in [-0.1, -0.05) is 12.1 Å². The highest BCUT2D eigenvalue weighted by molar-refractivity contribution is 6.03. The highest BCUT2D eigenvalue weighted by Gasteiger charge is 2.30. The zero-order valence-corrected chi connectivity index (χ0v) is 8.21. The lowest BCUT2D eigenvalue weighted by Gasteiger charge is -2.09. The van der Waals surface area contributed by atoms with Crippen LogP contribution in [-0.2, 0) is 4.79 Å². The Bertz CT molecular complexity index is 374. The van der Waals surface area contributed by atoms with Crippen LogP contribution in [0, 0.1) is 6.92 Å². The van der Waals surface area contributed by atoms with Gasteiger partial charge >= 0.3 is 0 Å². The predicted octanol–water partition coefficient (Wildman–Crippen LogP) is 1.38. The number of carbonyl (C=O) groups is 1. The van der Waals surface area contributed by atoms with Gasteiger partial charge in [-0.3, -0.25) is 4.79 Å². The van der Waals surface area contributed by atoms with E-state index >= 15 is 0 Å². The van der Waals surface area contributed by atoms with Gasteiger partial charge in [0.05, 0.1) is 5.92 Å². The highest BCUT2D eigenvalue weighted by atomic mass is 16.2. The van der Waals surface area contributed by atoms with Gasteiger partial charge in [0.1, 0.15) is 0 Å². The van der Waals surface area contributed by atoms with Crippen molar-refractivity contribution in [1.82, 2.24) is 0 Å². The first-order valence-electron chi connectivity index (χ1n) is 4.84. The van der Waals surface area contributed by atoms with Crippen molar-refractivity contribution >= 4 is 11.6 Å². The lowest BCUT2D eigenvalue weighted by molar-refractivity contribution is -0.117. The van der Waals surface area contributed by atoms with Crippen molar-refractivity contribution in [3.8, 4) is 0 Å². The van der Waals surface area contributed by atoms with Crippen LogP contribution >= 0.6 is 0 Å². The number of fused-ring (bicyclic) bond motifs is 1. The van der Waals surface area contributed by atoms with Gasteiger partial charge in [0.15, 0.2) is 0 Å². The van der Waals surface area contributed by atoms with Crippen molar-refractivity contribution in [2.24, 2.45) is 5.73 Å². The fourth-order valence-electron chi connectivity index (χ4n) is 2.05. The van der Waals surface area contributed by atoms with E-state index in [1.165, 1.54) is 5.56 Å². The van der Waals surface area contributed by atoms with E-state index in [1.807, 2.05) is 25.1 Å². The summed E-state index contributed by atoms with van der Waals surface area (Å²) in [6.07, 6.45) is 0.726. The molecule has 1 aliphatic rings. The largest absolute Gasteiger partial charge is 0.330 e. The van der Waals surface area contributed by atoms with Gasteiger partial charge in [-0.05, 0) is 37.1 Å². The van der Waals surface area contributed by atoms with Crippen molar-refractivity contribution in [3.05, 3.63) is 29.3 Å². The molecule has 3 N–H and O–H groups in total. The summed E-state index contributed by atoms with van der Waals surface area (Å²) < 4.78 is 0. The summed E-state index contributed by atoms with van der Waals surface area (Å²) in [5, 5.41) is 2.88. The first kappa shape index (κ1) is 9.21. The third kappa shape index (κ3) is 1.30. The quantitative estimate of drug-likeness (QED) is 0.740. The number of rotatable bonds is 2. The van der Waals surface area contributed by atoms with Crippen LogP contribution in [-0.4, -0.2) is 12.5 Å². The molecule has 74 valence electrons. The molecule has 0 bridgehead atoms. The Morgan fingerprint density at radius 1 is 1.50 bits per heavy atom. The third-order valence-corrected chi connectivity index (χ3v) is 2.70. The number of nitrogens with two attached hydrogens (primary N) is 1. The standard InChI is InChI=1S/C11H14N2O/c1-7-3-2-4-9-10(7)8(5-6-12)11(14)13-9/h2-4,8H,5-6,12H2,1H3,(H,13,14). The minimum absolute atomic E-state index is 0.0452. The van der Waals surface area contributed by atoms with Crippen LogP contribution in [0.1, 0.15) is 23.5 Å². The number of aryl methyl sites for hydroxylation is 1. The predicted molar refractivity (Wildman–Crippen MR) is 56.2 cm³/mol. The van der Waals surface area contributed by atoms with E-state index in [4.69, 9.17) is 5.73 Å². The molecule has 0 aromatic heterocycles. The molecular formula is C11H14N2O. The normalized spacial score (nSPS) is 19.3. The maximum absolute atomic E-state index is 11.6. The van der Waals surface area contributed by atoms with E-state index < -0.39 is 0 Å². The van der Waals surface area contributed by atoms with E-state index in [2.05, 4.69) is 5.32 Å². The van der Waals surface area contributed by atoms with E-state index in [-0.39, 0.29) is 11.8 Å². The first-order chi connectivity index (χ1) is 6.74. The number of hydrogen-bond acceptors (Lipinski definition) is 2.